The number of benzene rings is 1. The molecular formula is C15H20N2O2. The van der Waals surface area contributed by atoms with Gasteiger partial charge in [-0.2, -0.15) is 0 Å². The molecule has 0 atom stereocenters. The van der Waals surface area contributed by atoms with Gasteiger partial charge in [-0.15, -0.1) is 0 Å². The van der Waals surface area contributed by atoms with Crippen LogP contribution in [-0.2, 0) is 11.2 Å². The molecule has 1 amide bonds. The monoisotopic (exact) mass is 260 g/mol. The third kappa shape index (κ3) is 3.83. The highest BCUT2D eigenvalue weighted by Gasteiger charge is 2.15. The van der Waals surface area contributed by atoms with E-state index in [-0.39, 0.29) is 5.91 Å². The van der Waals surface area contributed by atoms with E-state index in [9.17, 15) is 4.79 Å². The van der Waals surface area contributed by atoms with Crippen LogP contribution < -0.4 is 11.1 Å². The molecule has 102 valence electrons. The average Bonchev–Trinajstić information content (AvgIpc) is 2.70. The predicted molar refractivity (Wildman–Crippen MR) is 75.8 cm³/mol. The quantitative estimate of drug-likeness (QED) is 0.866. The Morgan fingerprint density at radius 1 is 1.37 bits per heavy atom. The van der Waals surface area contributed by atoms with Gasteiger partial charge in [0.25, 0.3) is 0 Å². The van der Waals surface area contributed by atoms with Gasteiger partial charge >= 0.3 is 0 Å². The van der Waals surface area contributed by atoms with Crippen LogP contribution in [-0.4, -0.2) is 18.0 Å². The van der Waals surface area contributed by atoms with E-state index < -0.39 is 5.54 Å². The molecule has 2 rings (SSSR count). The summed E-state index contributed by atoms with van der Waals surface area (Å²) in [7, 11) is 0. The van der Waals surface area contributed by atoms with Gasteiger partial charge in [-0.1, -0.05) is 18.2 Å². The first-order chi connectivity index (χ1) is 8.96. The number of amides is 1. The van der Waals surface area contributed by atoms with Crippen LogP contribution in [0.15, 0.2) is 34.9 Å². The van der Waals surface area contributed by atoms with Gasteiger partial charge < -0.3 is 15.5 Å². The Morgan fingerprint density at radius 2 is 2.11 bits per heavy atom. The maximum Gasteiger partial charge on any atom is 0.221 e. The number of nitrogens with two attached hydrogens (primary N) is 1. The second-order valence-corrected chi connectivity index (χ2v) is 5.52. The molecule has 0 bridgehead atoms. The van der Waals surface area contributed by atoms with E-state index >= 15 is 0 Å². The van der Waals surface area contributed by atoms with Gasteiger partial charge in [0.15, 0.2) is 0 Å². The van der Waals surface area contributed by atoms with Crippen molar-refractivity contribution in [3.63, 3.8) is 0 Å². The number of nitrogens with one attached hydrogen (secondary N) is 1. The lowest BCUT2D eigenvalue weighted by atomic mass is 10.0. The Hall–Kier alpha value is -1.81. The van der Waals surface area contributed by atoms with Gasteiger partial charge in [0.1, 0.15) is 5.58 Å². The molecule has 0 spiro atoms. The van der Waals surface area contributed by atoms with Crippen LogP contribution in [0.4, 0.5) is 0 Å². The van der Waals surface area contributed by atoms with Crippen LogP contribution in [0.25, 0.3) is 11.0 Å². The summed E-state index contributed by atoms with van der Waals surface area (Å²) in [4.78, 5) is 11.6. The van der Waals surface area contributed by atoms with Crippen molar-refractivity contribution >= 4 is 16.9 Å². The molecule has 4 nitrogen and oxygen atoms in total. The SMILES string of the molecule is CC(C)(N)CC(=O)NCCc1coc2ccccc12. The summed E-state index contributed by atoms with van der Waals surface area (Å²) in [6.07, 6.45) is 2.84. The fourth-order valence-corrected chi connectivity index (χ4v) is 2.04. The van der Waals surface area contributed by atoms with Gasteiger partial charge in [0.2, 0.25) is 5.91 Å². The summed E-state index contributed by atoms with van der Waals surface area (Å²) >= 11 is 0. The van der Waals surface area contributed by atoms with Crippen molar-refractivity contribution in [2.75, 3.05) is 6.54 Å². The molecule has 0 saturated heterocycles. The first-order valence-electron chi connectivity index (χ1n) is 6.46. The van der Waals surface area contributed by atoms with E-state index in [1.54, 1.807) is 6.26 Å². The number of fused-ring (bicyclic) bond motifs is 1. The highest BCUT2D eigenvalue weighted by atomic mass is 16.3. The minimum Gasteiger partial charge on any atom is -0.464 e. The van der Waals surface area contributed by atoms with Crippen LogP contribution in [0.3, 0.4) is 0 Å². The zero-order chi connectivity index (χ0) is 13.9. The third-order valence-electron chi connectivity index (χ3n) is 2.89. The van der Waals surface area contributed by atoms with E-state index in [0.717, 1.165) is 23.0 Å². The standard InChI is InChI=1S/C15H20N2O2/c1-15(2,16)9-14(18)17-8-7-11-10-19-13-6-4-3-5-12(11)13/h3-6,10H,7-9,16H2,1-2H3,(H,17,18). The van der Waals surface area contributed by atoms with Crippen molar-refractivity contribution in [3.8, 4) is 0 Å². The molecule has 0 unspecified atom stereocenters. The normalized spacial score (nSPS) is 11.7. The van der Waals surface area contributed by atoms with E-state index in [2.05, 4.69) is 5.32 Å². The summed E-state index contributed by atoms with van der Waals surface area (Å²) in [6, 6.07) is 7.89. The molecule has 19 heavy (non-hydrogen) atoms. The zero-order valence-corrected chi connectivity index (χ0v) is 11.4. The maximum absolute atomic E-state index is 11.6. The minimum atomic E-state index is -0.466. The highest BCUT2D eigenvalue weighted by Crippen LogP contribution is 2.20. The molecular weight excluding hydrogens is 240 g/mol. The smallest absolute Gasteiger partial charge is 0.221 e. The first kappa shape index (κ1) is 13.6. The molecule has 0 saturated carbocycles. The van der Waals surface area contributed by atoms with Gasteiger partial charge in [-0.3, -0.25) is 4.79 Å². The number of rotatable bonds is 5. The van der Waals surface area contributed by atoms with Crippen molar-refractivity contribution in [2.24, 2.45) is 5.73 Å². The average molecular weight is 260 g/mol. The van der Waals surface area contributed by atoms with Crippen LogP contribution >= 0.6 is 0 Å². The summed E-state index contributed by atoms with van der Waals surface area (Å²) in [5.41, 5.74) is 7.33. The van der Waals surface area contributed by atoms with Crippen molar-refractivity contribution in [2.45, 2.75) is 32.2 Å². The lowest BCUT2D eigenvalue weighted by molar-refractivity contribution is -0.121. The number of hydrogen-bond acceptors (Lipinski definition) is 3. The van der Waals surface area contributed by atoms with Gasteiger partial charge in [0, 0.05) is 23.9 Å². The highest BCUT2D eigenvalue weighted by molar-refractivity contribution is 5.81. The Kier molecular flexibility index (Phi) is 3.90. The van der Waals surface area contributed by atoms with Crippen LogP contribution in [0.2, 0.25) is 0 Å². The second-order valence-electron chi connectivity index (χ2n) is 5.52. The number of carbonyl (C=O) groups is 1. The van der Waals surface area contributed by atoms with Crippen LogP contribution in [0.5, 0.6) is 0 Å². The van der Waals surface area contributed by atoms with Crippen molar-refractivity contribution in [1.82, 2.24) is 5.32 Å². The van der Waals surface area contributed by atoms with E-state index in [0.29, 0.717) is 13.0 Å². The molecule has 2 aromatic rings. The molecule has 0 aliphatic carbocycles. The number of carbonyl (C=O) groups excluding carboxylic acids is 1. The minimum absolute atomic E-state index is 0.0136. The Morgan fingerprint density at radius 3 is 2.84 bits per heavy atom. The Labute approximate surface area is 113 Å². The lowest BCUT2D eigenvalue weighted by Crippen LogP contribution is -2.39. The number of furan rings is 1. The molecule has 1 heterocycles. The zero-order valence-electron chi connectivity index (χ0n) is 11.4. The third-order valence-corrected chi connectivity index (χ3v) is 2.89. The second kappa shape index (κ2) is 5.45. The van der Waals surface area contributed by atoms with E-state index in [1.807, 2.05) is 38.1 Å². The maximum atomic E-state index is 11.6. The number of para-hydroxylation sites is 1. The largest absolute Gasteiger partial charge is 0.464 e. The summed E-state index contributed by atoms with van der Waals surface area (Å²) in [5.74, 6) is -0.0136. The van der Waals surface area contributed by atoms with Gasteiger partial charge in [-0.05, 0) is 31.9 Å². The topological polar surface area (TPSA) is 68.3 Å². The molecule has 1 aromatic carbocycles. The lowest BCUT2D eigenvalue weighted by Gasteiger charge is -2.17. The fraction of sp³-hybridized carbons (Fsp3) is 0.400. The first-order valence-corrected chi connectivity index (χ1v) is 6.46. The van der Waals surface area contributed by atoms with Crippen molar-refractivity contribution in [1.29, 1.82) is 0 Å². The van der Waals surface area contributed by atoms with Gasteiger partial charge in [-0.25, -0.2) is 0 Å². The number of hydrogen-bond donors (Lipinski definition) is 2. The van der Waals surface area contributed by atoms with E-state index in [1.165, 1.54) is 0 Å². The van der Waals surface area contributed by atoms with Crippen LogP contribution in [0.1, 0.15) is 25.8 Å². The Bertz CT molecular complexity index is 567. The molecule has 1 aromatic heterocycles. The molecule has 3 N–H and O–H groups in total. The molecule has 4 heteroatoms. The predicted octanol–water partition coefficient (Wildman–Crippen LogP) is 2.22. The summed E-state index contributed by atoms with van der Waals surface area (Å²) in [6.45, 7) is 4.28. The fourth-order valence-electron chi connectivity index (χ4n) is 2.04. The van der Waals surface area contributed by atoms with Crippen molar-refractivity contribution < 1.29 is 9.21 Å². The molecule has 0 aliphatic heterocycles. The Balaban J connectivity index is 1.88. The molecule has 0 fully saturated rings. The summed E-state index contributed by atoms with van der Waals surface area (Å²) < 4.78 is 5.45. The van der Waals surface area contributed by atoms with Crippen molar-refractivity contribution in [3.05, 3.63) is 36.1 Å². The van der Waals surface area contributed by atoms with E-state index in [4.69, 9.17) is 10.2 Å². The summed E-state index contributed by atoms with van der Waals surface area (Å²) in [5, 5.41) is 3.99. The van der Waals surface area contributed by atoms with Gasteiger partial charge in [0.05, 0.1) is 6.26 Å². The molecule has 0 aliphatic rings. The van der Waals surface area contributed by atoms with Crippen LogP contribution in [0, 0.1) is 0 Å². The molecule has 0 radical (unpaired) electrons.